The van der Waals surface area contributed by atoms with Gasteiger partial charge in [0, 0.05) is 11.1 Å². The van der Waals surface area contributed by atoms with E-state index >= 15 is 0 Å². The minimum atomic E-state index is -0.0844. The molecule has 0 unspecified atom stereocenters. The molecule has 0 atom stereocenters. The summed E-state index contributed by atoms with van der Waals surface area (Å²) in [6.07, 6.45) is 4.74. The first kappa shape index (κ1) is 14.2. The van der Waals surface area contributed by atoms with E-state index < -0.39 is 0 Å². The monoisotopic (exact) mass is 254 g/mol. The molecule has 1 aromatic rings. The lowest BCUT2D eigenvalue weighted by atomic mass is 10.0. The lowest BCUT2D eigenvalue weighted by Crippen LogP contribution is -2.32. The zero-order chi connectivity index (χ0) is 8.60. The second kappa shape index (κ2) is 5.31. The summed E-state index contributed by atoms with van der Waals surface area (Å²) in [4.78, 5) is 4.46. The molecule has 1 heterocycles. The first-order valence-electron chi connectivity index (χ1n) is 4.42. The predicted molar refractivity (Wildman–Crippen MR) is 65.7 cm³/mol. The largest absolute Gasteiger partial charge is 0.319 e. The van der Waals surface area contributed by atoms with Crippen LogP contribution in [0.15, 0.2) is 5.38 Å². The van der Waals surface area contributed by atoms with Crippen LogP contribution >= 0.6 is 36.2 Å². The van der Waals surface area contributed by atoms with Crippen molar-refractivity contribution in [3.8, 4) is 0 Å². The first-order chi connectivity index (χ1) is 5.71. The second-order valence-electron chi connectivity index (χ2n) is 3.66. The fourth-order valence-electron chi connectivity index (χ4n) is 1.80. The first-order valence-corrected chi connectivity index (χ1v) is 5.30. The summed E-state index contributed by atoms with van der Waals surface area (Å²) in [6, 6.07) is 0. The van der Waals surface area contributed by atoms with Crippen LogP contribution in [-0.2, 0) is 5.54 Å². The summed E-state index contributed by atoms with van der Waals surface area (Å²) in [6.45, 7) is 2.03. The van der Waals surface area contributed by atoms with Gasteiger partial charge < -0.3 is 5.73 Å². The number of thiazole rings is 1. The Balaban J connectivity index is 0.000000845. The van der Waals surface area contributed by atoms with Gasteiger partial charge in [-0.2, -0.15) is 0 Å². The molecule has 0 bridgehead atoms. The summed E-state index contributed by atoms with van der Waals surface area (Å²) >= 11 is 1.71. The van der Waals surface area contributed by atoms with Gasteiger partial charge in [-0.05, 0) is 19.8 Å². The number of aromatic nitrogens is 1. The highest BCUT2D eigenvalue weighted by molar-refractivity contribution is 7.09. The average Bonchev–Trinajstić information content (AvgIpc) is 2.59. The summed E-state index contributed by atoms with van der Waals surface area (Å²) in [5.41, 5.74) is 7.26. The van der Waals surface area contributed by atoms with Crippen LogP contribution in [0.2, 0.25) is 0 Å². The van der Waals surface area contributed by atoms with Crippen molar-refractivity contribution >= 4 is 36.2 Å². The van der Waals surface area contributed by atoms with Crippen molar-refractivity contribution in [3.05, 3.63) is 16.1 Å². The van der Waals surface area contributed by atoms with E-state index in [1.807, 2.05) is 6.92 Å². The van der Waals surface area contributed by atoms with Gasteiger partial charge in [0.1, 0.15) is 5.01 Å². The lowest BCUT2D eigenvalue weighted by Gasteiger charge is -2.19. The van der Waals surface area contributed by atoms with Crippen molar-refractivity contribution in [2.45, 2.75) is 38.1 Å². The van der Waals surface area contributed by atoms with Gasteiger partial charge in [-0.15, -0.1) is 36.2 Å². The third kappa shape index (κ3) is 2.60. The number of rotatable bonds is 1. The van der Waals surface area contributed by atoms with E-state index in [0.717, 1.165) is 23.5 Å². The third-order valence-electron chi connectivity index (χ3n) is 2.54. The molecule has 2 rings (SSSR count). The number of nitrogens with two attached hydrogens (primary N) is 1. The smallest absolute Gasteiger partial charge is 0.113 e. The van der Waals surface area contributed by atoms with Crippen LogP contribution < -0.4 is 5.73 Å². The molecule has 2 nitrogen and oxygen atoms in total. The Morgan fingerprint density at radius 3 is 2.36 bits per heavy atom. The highest BCUT2D eigenvalue weighted by atomic mass is 35.5. The minimum absolute atomic E-state index is 0. The van der Waals surface area contributed by atoms with Gasteiger partial charge in [-0.25, -0.2) is 4.98 Å². The quantitative estimate of drug-likeness (QED) is 0.837. The third-order valence-corrected chi connectivity index (χ3v) is 3.72. The van der Waals surface area contributed by atoms with E-state index in [0.29, 0.717) is 0 Å². The zero-order valence-electron chi connectivity index (χ0n) is 8.16. The molecular formula is C9H16Cl2N2S. The number of aryl methyl sites for hydroxylation is 1. The molecule has 1 saturated carbocycles. The maximum Gasteiger partial charge on any atom is 0.113 e. The van der Waals surface area contributed by atoms with Crippen molar-refractivity contribution in [1.29, 1.82) is 0 Å². The highest BCUT2D eigenvalue weighted by Crippen LogP contribution is 2.37. The Hall–Kier alpha value is 0.170. The molecule has 0 amide bonds. The summed E-state index contributed by atoms with van der Waals surface area (Å²) < 4.78 is 0. The molecule has 1 fully saturated rings. The van der Waals surface area contributed by atoms with Gasteiger partial charge in [0.25, 0.3) is 0 Å². The Labute approximate surface area is 101 Å². The van der Waals surface area contributed by atoms with Gasteiger partial charge in [-0.3, -0.25) is 0 Å². The van der Waals surface area contributed by atoms with E-state index in [4.69, 9.17) is 5.73 Å². The van der Waals surface area contributed by atoms with E-state index in [1.54, 1.807) is 11.3 Å². The van der Waals surface area contributed by atoms with Gasteiger partial charge in [0.15, 0.2) is 0 Å². The number of nitrogens with zero attached hydrogens (tertiary/aromatic N) is 1. The molecule has 1 aromatic heterocycles. The van der Waals surface area contributed by atoms with Crippen LogP contribution in [0.25, 0.3) is 0 Å². The summed E-state index contributed by atoms with van der Waals surface area (Å²) in [5, 5.41) is 3.22. The van der Waals surface area contributed by atoms with Gasteiger partial charge in [0.2, 0.25) is 0 Å². The lowest BCUT2D eigenvalue weighted by molar-refractivity contribution is 0.458. The standard InChI is InChI=1S/C9H14N2S.2ClH/c1-7-6-12-8(11-7)9(10)4-2-3-5-9;;/h6H,2-5,10H2,1H3;2*1H. The van der Waals surface area contributed by atoms with E-state index in [1.165, 1.54) is 12.8 Å². The highest BCUT2D eigenvalue weighted by Gasteiger charge is 2.33. The van der Waals surface area contributed by atoms with Crippen molar-refractivity contribution < 1.29 is 0 Å². The molecule has 0 saturated heterocycles. The van der Waals surface area contributed by atoms with Crippen molar-refractivity contribution in [2.24, 2.45) is 5.73 Å². The summed E-state index contributed by atoms with van der Waals surface area (Å²) in [5.74, 6) is 0. The van der Waals surface area contributed by atoms with Crippen LogP contribution in [0.4, 0.5) is 0 Å². The topological polar surface area (TPSA) is 38.9 Å². The Morgan fingerprint density at radius 2 is 1.93 bits per heavy atom. The Kier molecular flexibility index (Phi) is 5.37. The van der Waals surface area contributed by atoms with Crippen LogP contribution in [0.3, 0.4) is 0 Å². The molecule has 82 valence electrons. The molecule has 1 aliphatic carbocycles. The second-order valence-corrected chi connectivity index (χ2v) is 4.52. The van der Waals surface area contributed by atoms with E-state index in [-0.39, 0.29) is 30.4 Å². The van der Waals surface area contributed by atoms with E-state index in [2.05, 4.69) is 10.4 Å². The molecule has 0 radical (unpaired) electrons. The van der Waals surface area contributed by atoms with Gasteiger partial charge >= 0.3 is 0 Å². The Morgan fingerprint density at radius 1 is 1.36 bits per heavy atom. The predicted octanol–water partition coefficient (Wildman–Crippen LogP) is 3.02. The Bertz CT molecular complexity index is 282. The number of hydrogen-bond acceptors (Lipinski definition) is 3. The maximum atomic E-state index is 6.24. The molecule has 14 heavy (non-hydrogen) atoms. The van der Waals surface area contributed by atoms with Crippen molar-refractivity contribution in [1.82, 2.24) is 4.98 Å². The normalized spacial score (nSPS) is 18.4. The van der Waals surface area contributed by atoms with Crippen LogP contribution in [0.5, 0.6) is 0 Å². The maximum absolute atomic E-state index is 6.24. The molecule has 1 aliphatic rings. The van der Waals surface area contributed by atoms with Gasteiger partial charge in [-0.1, -0.05) is 12.8 Å². The fourth-order valence-corrected chi connectivity index (χ4v) is 2.77. The van der Waals surface area contributed by atoms with Crippen LogP contribution in [-0.4, -0.2) is 4.98 Å². The van der Waals surface area contributed by atoms with Crippen LogP contribution in [0.1, 0.15) is 36.4 Å². The minimum Gasteiger partial charge on any atom is -0.319 e. The molecule has 0 aliphatic heterocycles. The van der Waals surface area contributed by atoms with Crippen molar-refractivity contribution in [2.75, 3.05) is 0 Å². The number of halogens is 2. The summed E-state index contributed by atoms with van der Waals surface area (Å²) in [7, 11) is 0. The number of hydrogen-bond donors (Lipinski definition) is 1. The van der Waals surface area contributed by atoms with Crippen molar-refractivity contribution in [3.63, 3.8) is 0 Å². The van der Waals surface area contributed by atoms with Gasteiger partial charge in [0.05, 0.1) is 5.54 Å². The van der Waals surface area contributed by atoms with Crippen LogP contribution in [0, 0.1) is 6.92 Å². The molecule has 0 spiro atoms. The molecule has 5 heteroatoms. The molecule has 0 aromatic carbocycles. The zero-order valence-corrected chi connectivity index (χ0v) is 10.6. The fraction of sp³-hybridized carbons (Fsp3) is 0.667. The average molecular weight is 255 g/mol. The van der Waals surface area contributed by atoms with E-state index in [9.17, 15) is 0 Å². The molecular weight excluding hydrogens is 239 g/mol. The molecule has 2 N–H and O–H groups in total. The SMILES string of the molecule is Cc1csc(C2(N)CCCC2)n1.Cl.Cl.